The molecule has 0 spiro atoms. The summed E-state index contributed by atoms with van der Waals surface area (Å²) in [7, 11) is 0. The normalized spacial score (nSPS) is 11.4. The van der Waals surface area contributed by atoms with Gasteiger partial charge in [-0.3, -0.25) is 4.98 Å². The van der Waals surface area contributed by atoms with Gasteiger partial charge in [0.1, 0.15) is 0 Å². The first-order valence-corrected chi connectivity index (χ1v) is 8.61. The summed E-state index contributed by atoms with van der Waals surface area (Å²) in [4.78, 5) is 8.14. The molecule has 0 aliphatic carbocycles. The molecule has 4 aromatic heterocycles. The van der Waals surface area contributed by atoms with Crippen LogP contribution < -0.4 is 5.32 Å². The second-order valence-corrected chi connectivity index (χ2v) is 6.61. The highest BCUT2D eigenvalue weighted by Crippen LogP contribution is 2.23. The van der Waals surface area contributed by atoms with Crippen molar-refractivity contribution in [1.29, 1.82) is 0 Å². The van der Waals surface area contributed by atoms with Crippen molar-refractivity contribution < 1.29 is 0 Å². The molecule has 0 saturated heterocycles. The van der Waals surface area contributed by atoms with E-state index in [0.717, 1.165) is 38.1 Å². The summed E-state index contributed by atoms with van der Waals surface area (Å²) in [6.45, 7) is 0. The zero-order chi connectivity index (χ0) is 16.6. The number of nitrogens with one attached hydrogen (secondary N) is 2. The van der Waals surface area contributed by atoms with Crippen LogP contribution in [0.5, 0.6) is 0 Å². The molecule has 0 amide bonds. The van der Waals surface area contributed by atoms with Crippen LogP contribution in [-0.2, 0) is 6.42 Å². The average molecular weight is 347 g/mol. The van der Waals surface area contributed by atoms with E-state index in [-0.39, 0.29) is 0 Å². The minimum Gasteiger partial charge on any atom is -0.366 e. The Morgan fingerprint density at radius 3 is 3.08 bits per heavy atom. The van der Waals surface area contributed by atoms with Gasteiger partial charge in [-0.15, -0.1) is 15.3 Å². The number of H-pyrrole nitrogens is 1. The van der Waals surface area contributed by atoms with Gasteiger partial charge < -0.3 is 10.3 Å². The molecule has 0 unspecified atom stereocenters. The van der Waals surface area contributed by atoms with Gasteiger partial charge in [0.25, 0.3) is 0 Å². The summed E-state index contributed by atoms with van der Waals surface area (Å²) >= 11 is 1.47. The van der Waals surface area contributed by atoms with Crippen LogP contribution in [0.3, 0.4) is 0 Å². The minimum atomic E-state index is 0.666. The number of pyridine rings is 1. The van der Waals surface area contributed by atoms with Gasteiger partial charge in [0.2, 0.25) is 10.1 Å². The molecule has 0 saturated carbocycles. The predicted octanol–water partition coefficient (Wildman–Crippen LogP) is 3.40. The van der Waals surface area contributed by atoms with Crippen LogP contribution in [-0.4, -0.2) is 29.8 Å². The van der Waals surface area contributed by atoms with Crippen LogP contribution in [0.15, 0.2) is 55.0 Å². The number of aromatic nitrogens is 6. The summed E-state index contributed by atoms with van der Waals surface area (Å²) in [5.74, 6) is 0.816. The third kappa shape index (κ3) is 2.62. The van der Waals surface area contributed by atoms with Gasteiger partial charge in [-0.2, -0.15) is 4.52 Å². The zero-order valence-corrected chi connectivity index (χ0v) is 13.9. The Labute approximate surface area is 146 Å². The topological polar surface area (TPSA) is 83.8 Å². The standard InChI is InChI=1S/C17H13N7S/c1-2-12-8-11(3-4-14(12)19-6-1)9-15-21-22-17-24(15)23-16(25-17)20-13-5-7-18-10-13/h1-8,10,18H,9H2,(H,20,23). The third-order valence-corrected chi connectivity index (χ3v) is 4.75. The molecule has 0 radical (unpaired) electrons. The van der Waals surface area contributed by atoms with Crippen LogP contribution in [0, 0.1) is 0 Å². The van der Waals surface area contributed by atoms with Crippen molar-refractivity contribution in [3.05, 3.63) is 66.4 Å². The maximum absolute atomic E-state index is 4.58. The van der Waals surface area contributed by atoms with Gasteiger partial charge in [-0.05, 0) is 29.8 Å². The number of fused-ring (bicyclic) bond motifs is 2. The fourth-order valence-electron chi connectivity index (χ4n) is 2.76. The van der Waals surface area contributed by atoms with Gasteiger partial charge in [0.15, 0.2) is 5.82 Å². The number of benzene rings is 1. The van der Waals surface area contributed by atoms with Crippen molar-refractivity contribution in [2.75, 3.05) is 5.32 Å². The van der Waals surface area contributed by atoms with Gasteiger partial charge in [-0.1, -0.05) is 23.5 Å². The lowest BCUT2D eigenvalue weighted by Gasteiger charge is -2.01. The van der Waals surface area contributed by atoms with Crippen LogP contribution in [0.25, 0.3) is 15.9 Å². The predicted molar refractivity (Wildman–Crippen MR) is 97.3 cm³/mol. The largest absolute Gasteiger partial charge is 0.366 e. The SMILES string of the molecule is c1cnc2ccc(Cc3nnc4sc(Nc5cc[nH]c5)nn34)cc2c1. The molecule has 0 aliphatic heterocycles. The molecule has 7 nitrogen and oxygen atoms in total. The molecule has 8 heteroatoms. The first kappa shape index (κ1) is 14.1. The van der Waals surface area contributed by atoms with E-state index >= 15 is 0 Å². The van der Waals surface area contributed by atoms with E-state index in [1.54, 1.807) is 10.7 Å². The van der Waals surface area contributed by atoms with E-state index in [9.17, 15) is 0 Å². The summed E-state index contributed by atoms with van der Waals surface area (Å²) < 4.78 is 1.80. The zero-order valence-electron chi connectivity index (χ0n) is 13.0. The van der Waals surface area contributed by atoms with Crippen LogP contribution in [0.1, 0.15) is 11.4 Å². The number of nitrogens with zero attached hydrogens (tertiary/aromatic N) is 5. The van der Waals surface area contributed by atoms with Crippen molar-refractivity contribution >= 4 is 38.0 Å². The minimum absolute atomic E-state index is 0.666. The second-order valence-electron chi connectivity index (χ2n) is 5.65. The lowest BCUT2D eigenvalue weighted by atomic mass is 10.1. The van der Waals surface area contributed by atoms with Crippen LogP contribution >= 0.6 is 11.3 Å². The molecule has 1 aromatic carbocycles. The molecule has 0 bridgehead atoms. The Bertz CT molecular complexity index is 1160. The van der Waals surface area contributed by atoms with Gasteiger partial charge in [-0.25, -0.2) is 0 Å². The lowest BCUT2D eigenvalue weighted by Crippen LogP contribution is -1.98. The smallest absolute Gasteiger partial charge is 0.236 e. The van der Waals surface area contributed by atoms with E-state index in [1.165, 1.54) is 11.3 Å². The van der Waals surface area contributed by atoms with Gasteiger partial charge >= 0.3 is 0 Å². The van der Waals surface area contributed by atoms with Crippen molar-refractivity contribution in [2.45, 2.75) is 6.42 Å². The number of aromatic amines is 1. The van der Waals surface area contributed by atoms with E-state index in [4.69, 9.17) is 0 Å². The molecular weight excluding hydrogens is 334 g/mol. The molecule has 4 heterocycles. The second kappa shape index (κ2) is 5.67. The van der Waals surface area contributed by atoms with Gasteiger partial charge in [0, 0.05) is 30.4 Å². The van der Waals surface area contributed by atoms with Crippen molar-refractivity contribution in [2.24, 2.45) is 0 Å². The molecule has 122 valence electrons. The maximum atomic E-state index is 4.58. The monoisotopic (exact) mass is 347 g/mol. The molecule has 25 heavy (non-hydrogen) atoms. The summed E-state index contributed by atoms with van der Waals surface area (Å²) in [5.41, 5.74) is 3.11. The van der Waals surface area contributed by atoms with Gasteiger partial charge in [0.05, 0.1) is 11.2 Å². The fraction of sp³-hybridized carbons (Fsp3) is 0.0588. The average Bonchev–Trinajstić information content (AvgIpc) is 3.35. The van der Waals surface area contributed by atoms with Crippen LogP contribution in [0.2, 0.25) is 0 Å². The first-order chi connectivity index (χ1) is 12.3. The molecule has 0 fully saturated rings. The number of rotatable bonds is 4. The first-order valence-electron chi connectivity index (χ1n) is 7.80. The van der Waals surface area contributed by atoms with Crippen molar-refractivity contribution in [3.63, 3.8) is 0 Å². The highest BCUT2D eigenvalue weighted by atomic mass is 32.1. The maximum Gasteiger partial charge on any atom is 0.236 e. The number of anilines is 2. The lowest BCUT2D eigenvalue weighted by molar-refractivity contribution is 0.855. The molecular formula is C17H13N7S. The Kier molecular flexibility index (Phi) is 3.20. The quantitative estimate of drug-likeness (QED) is 0.520. The van der Waals surface area contributed by atoms with E-state index in [1.807, 2.05) is 30.6 Å². The highest BCUT2D eigenvalue weighted by Gasteiger charge is 2.12. The molecule has 5 aromatic rings. The Morgan fingerprint density at radius 1 is 1.16 bits per heavy atom. The Balaban J connectivity index is 1.46. The van der Waals surface area contributed by atoms with E-state index in [2.05, 4.69) is 48.8 Å². The molecule has 2 N–H and O–H groups in total. The number of hydrogen-bond donors (Lipinski definition) is 2. The summed E-state index contributed by atoms with van der Waals surface area (Å²) in [6.07, 6.45) is 6.22. The molecule has 0 atom stereocenters. The Morgan fingerprint density at radius 2 is 2.16 bits per heavy atom. The summed E-state index contributed by atoms with van der Waals surface area (Å²) in [6, 6.07) is 12.2. The van der Waals surface area contributed by atoms with Crippen molar-refractivity contribution in [1.82, 2.24) is 29.8 Å². The highest BCUT2D eigenvalue weighted by molar-refractivity contribution is 7.20. The van der Waals surface area contributed by atoms with E-state index in [0.29, 0.717) is 6.42 Å². The molecule has 5 rings (SSSR count). The summed E-state index contributed by atoms with van der Waals surface area (Å²) in [5, 5.41) is 18.3. The van der Waals surface area contributed by atoms with Crippen LogP contribution in [0.4, 0.5) is 10.8 Å². The molecule has 0 aliphatic rings. The Hall–Kier alpha value is -3.26. The van der Waals surface area contributed by atoms with Crippen molar-refractivity contribution in [3.8, 4) is 0 Å². The number of hydrogen-bond acceptors (Lipinski definition) is 6. The fourth-order valence-corrected chi connectivity index (χ4v) is 3.54. The van der Waals surface area contributed by atoms with E-state index < -0.39 is 0 Å². The third-order valence-electron chi connectivity index (χ3n) is 3.93.